The molecule has 1 N–H and O–H groups in total. The number of nitrogens with zero attached hydrogens (tertiary/aromatic N) is 3. The maximum absolute atomic E-state index is 4.63. The van der Waals surface area contributed by atoms with E-state index in [4.69, 9.17) is 0 Å². The summed E-state index contributed by atoms with van der Waals surface area (Å²) in [6.07, 6.45) is 1.12. The van der Waals surface area contributed by atoms with Crippen LogP contribution in [-0.4, -0.2) is 57.0 Å². The predicted octanol–water partition coefficient (Wildman–Crippen LogP) is 1.65. The zero-order valence-electron chi connectivity index (χ0n) is 12.6. The van der Waals surface area contributed by atoms with E-state index in [-0.39, 0.29) is 0 Å². The first-order valence-electron chi connectivity index (χ1n) is 6.74. The third-order valence-electron chi connectivity index (χ3n) is 2.74. The molecule has 0 spiro atoms. The number of hydrogen-bond donors (Lipinski definition) is 1. The molecule has 0 heterocycles. The van der Waals surface area contributed by atoms with Crippen LogP contribution in [0.25, 0.3) is 0 Å². The molecule has 0 saturated carbocycles. The Hall–Kier alpha value is -1.55. The van der Waals surface area contributed by atoms with Gasteiger partial charge in [0.2, 0.25) is 0 Å². The minimum atomic E-state index is 0.717. The minimum Gasteiger partial charge on any atom is -0.356 e. The lowest BCUT2D eigenvalue weighted by Crippen LogP contribution is -2.37. The van der Waals surface area contributed by atoms with Gasteiger partial charge in [0.1, 0.15) is 0 Å². The highest BCUT2D eigenvalue weighted by Crippen LogP contribution is 2.00. The molecule has 0 radical (unpaired) electrons. The van der Waals surface area contributed by atoms with Gasteiger partial charge in [-0.3, -0.25) is 0 Å². The summed E-state index contributed by atoms with van der Waals surface area (Å²) in [4.78, 5) is 8.85. The van der Waals surface area contributed by atoms with Gasteiger partial charge in [0.15, 0.2) is 5.96 Å². The lowest BCUT2D eigenvalue weighted by molar-refractivity contribution is 0.398. The largest absolute Gasteiger partial charge is 0.356 e. The molecule has 4 heteroatoms. The van der Waals surface area contributed by atoms with E-state index in [2.05, 4.69) is 41.4 Å². The summed E-state index contributed by atoms with van der Waals surface area (Å²) in [5.41, 5.74) is 1.23. The van der Waals surface area contributed by atoms with Crippen LogP contribution in [0.3, 0.4) is 0 Å². The summed E-state index contributed by atoms with van der Waals surface area (Å²) >= 11 is 0. The highest BCUT2D eigenvalue weighted by atomic mass is 15.3. The average Bonchev–Trinajstić information content (AvgIpc) is 2.38. The van der Waals surface area contributed by atoms with E-state index in [0.29, 0.717) is 0 Å². The fourth-order valence-electron chi connectivity index (χ4n) is 1.70. The molecule has 19 heavy (non-hydrogen) atoms. The molecule has 0 aliphatic heterocycles. The molecule has 0 fully saturated rings. The van der Waals surface area contributed by atoms with E-state index in [1.807, 2.05) is 37.2 Å². The normalized spacial score (nSPS) is 11.7. The van der Waals surface area contributed by atoms with E-state index in [0.717, 1.165) is 32.0 Å². The van der Waals surface area contributed by atoms with Gasteiger partial charge < -0.3 is 15.1 Å². The molecule has 0 aromatic heterocycles. The average molecular weight is 262 g/mol. The van der Waals surface area contributed by atoms with Gasteiger partial charge in [-0.1, -0.05) is 30.3 Å². The summed E-state index contributed by atoms with van der Waals surface area (Å²) in [5.74, 6) is 0.947. The summed E-state index contributed by atoms with van der Waals surface area (Å²) in [5, 5.41) is 3.39. The Balaban J connectivity index is 2.43. The van der Waals surface area contributed by atoms with E-state index in [1.54, 1.807) is 0 Å². The van der Waals surface area contributed by atoms with Crippen molar-refractivity contribution in [2.24, 2.45) is 4.99 Å². The second kappa shape index (κ2) is 8.53. The molecule has 106 valence electrons. The Morgan fingerprint density at radius 2 is 1.79 bits per heavy atom. The van der Waals surface area contributed by atoms with Crippen molar-refractivity contribution >= 4 is 5.96 Å². The van der Waals surface area contributed by atoms with Crippen LogP contribution in [0.15, 0.2) is 35.3 Å². The van der Waals surface area contributed by atoms with Crippen LogP contribution in [0.1, 0.15) is 12.0 Å². The smallest absolute Gasteiger partial charge is 0.193 e. The number of aliphatic imine (C=N–C) groups is 1. The maximum Gasteiger partial charge on any atom is 0.193 e. The lowest BCUT2D eigenvalue weighted by Gasteiger charge is -2.18. The first-order chi connectivity index (χ1) is 9.09. The van der Waals surface area contributed by atoms with Gasteiger partial charge in [0.25, 0.3) is 0 Å². The highest BCUT2D eigenvalue weighted by molar-refractivity contribution is 5.79. The summed E-state index contributed by atoms with van der Waals surface area (Å²) in [7, 11) is 8.22. The third-order valence-corrected chi connectivity index (χ3v) is 2.74. The van der Waals surface area contributed by atoms with Crippen LogP contribution in [-0.2, 0) is 6.54 Å². The number of guanidine groups is 1. The van der Waals surface area contributed by atoms with Gasteiger partial charge in [0, 0.05) is 20.6 Å². The van der Waals surface area contributed by atoms with Crippen LogP contribution < -0.4 is 5.32 Å². The van der Waals surface area contributed by atoms with Crippen molar-refractivity contribution in [3.8, 4) is 0 Å². The molecule has 0 atom stereocenters. The van der Waals surface area contributed by atoms with Crippen molar-refractivity contribution in [3.05, 3.63) is 35.9 Å². The van der Waals surface area contributed by atoms with Crippen LogP contribution >= 0.6 is 0 Å². The van der Waals surface area contributed by atoms with Crippen LogP contribution in [0.5, 0.6) is 0 Å². The molecule has 0 saturated heterocycles. The van der Waals surface area contributed by atoms with Crippen molar-refractivity contribution in [3.63, 3.8) is 0 Å². The van der Waals surface area contributed by atoms with Crippen LogP contribution in [0, 0.1) is 0 Å². The highest BCUT2D eigenvalue weighted by Gasteiger charge is 2.01. The van der Waals surface area contributed by atoms with Gasteiger partial charge in [-0.2, -0.15) is 0 Å². The van der Waals surface area contributed by atoms with Crippen molar-refractivity contribution in [1.29, 1.82) is 0 Å². The molecule has 1 aromatic rings. The number of rotatable bonds is 6. The molecule has 1 aromatic carbocycles. The summed E-state index contributed by atoms with van der Waals surface area (Å²) in [6, 6.07) is 10.3. The molecule has 0 aliphatic rings. The third kappa shape index (κ3) is 6.82. The first-order valence-corrected chi connectivity index (χ1v) is 6.74. The Morgan fingerprint density at radius 1 is 1.11 bits per heavy atom. The van der Waals surface area contributed by atoms with E-state index >= 15 is 0 Å². The van der Waals surface area contributed by atoms with Crippen LogP contribution in [0.2, 0.25) is 0 Å². The molecular weight excluding hydrogens is 236 g/mol. The Bertz CT molecular complexity index is 371. The van der Waals surface area contributed by atoms with Crippen molar-refractivity contribution in [1.82, 2.24) is 15.1 Å². The second-order valence-corrected chi connectivity index (χ2v) is 5.10. The molecule has 1 rings (SSSR count). The molecule has 0 unspecified atom stereocenters. The van der Waals surface area contributed by atoms with Gasteiger partial charge in [-0.15, -0.1) is 0 Å². The second-order valence-electron chi connectivity index (χ2n) is 5.10. The van der Waals surface area contributed by atoms with E-state index < -0.39 is 0 Å². The van der Waals surface area contributed by atoms with E-state index in [1.165, 1.54) is 5.56 Å². The fourth-order valence-corrected chi connectivity index (χ4v) is 1.70. The first kappa shape index (κ1) is 15.5. The molecular formula is C15H26N4. The van der Waals surface area contributed by atoms with E-state index in [9.17, 15) is 0 Å². The topological polar surface area (TPSA) is 30.9 Å². The number of hydrogen-bond acceptors (Lipinski definition) is 2. The van der Waals surface area contributed by atoms with Gasteiger partial charge in [-0.05, 0) is 32.6 Å². The molecule has 0 bridgehead atoms. The van der Waals surface area contributed by atoms with Crippen LogP contribution in [0.4, 0.5) is 0 Å². The Kier molecular flexibility index (Phi) is 6.97. The fraction of sp³-hybridized carbons (Fsp3) is 0.533. The van der Waals surface area contributed by atoms with Gasteiger partial charge >= 0.3 is 0 Å². The zero-order chi connectivity index (χ0) is 14.1. The predicted molar refractivity (Wildman–Crippen MR) is 82.4 cm³/mol. The molecule has 0 amide bonds. The number of benzene rings is 1. The van der Waals surface area contributed by atoms with Crippen molar-refractivity contribution in [2.45, 2.75) is 13.0 Å². The number of nitrogens with one attached hydrogen (secondary N) is 1. The summed E-state index contributed by atoms with van der Waals surface area (Å²) in [6.45, 7) is 2.76. The summed E-state index contributed by atoms with van der Waals surface area (Å²) < 4.78 is 0. The Morgan fingerprint density at radius 3 is 2.37 bits per heavy atom. The van der Waals surface area contributed by atoms with Crippen molar-refractivity contribution < 1.29 is 0 Å². The maximum atomic E-state index is 4.63. The molecule has 4 nitrogen and oxygen atoms in total. The molecule has 0 aliphatic carbocycles. The monoisotopic (exact) mass is 262 g/mol. The standard InChI is InChI=1S/C15H26N4/c1-18(2)12-8-11-16-15(19(3)4)17-13-14-9-6-5-7-10-14/h5-7,9-10H,8,11-13H2,1-4H3,(H,16,17). The lowest BCUT2D eigenvalue weighted by atomic mass is 10.2. The van der Waals surface area contributed by atoms with Gasteiger partial charge in [0.05, 0.1) is 6.54 Å². The van der Waals surface area contributed by atoms with Gasteiger partial charge in [-0.25, -0.2) is 4.99 Å². The van der Waals surface area contributed by atoms with Crippen molar-refractivity contribution in [2.75, 3.05) is 41.3 Å². The minimum absolute atomic E-state index is 0.717. The Labute approximate surface area is 117 Å². The SMILES string of the molecule is CN(C)CCCNC(=NCc1ccccc1)N(C)C. The quantitative estimate of drug-likeness (QED) is 0.480. The zero-order valence-corrected chi connectivity index (χ0v) is 12.6.